The number of likely N-dealkylation sites (tertiary alicyclic amines) is 1. The molecule has 5 heteroatoms. The molecule has 1 aliphatic rings. The molecule has 1 heterocycles. The Labute approximate surface area is 147 Å². The summed E-state index contributed by atoms with van der Waals surface area (Å²) in [6.07, 6.45) is 3.74. The average Bonchev–Trinajstić information content (AvgIpc) is 2.22. The summed E-state index contributed by atoms with van der Waals surface area (Å²) in [7, 11) is 2.04. The number of hydrogen-bond donors (Lipinski definition) is 2. The van der Waals surface area contributed by atoms with E-state index in [2.05, 4.69) is 27.5 Å². The first-order valence-corrected chi connectivity index (χ1v) is 6.69. The van der Waals surface area contributed by atoms with Crippen molar-refractivity contribution in [1.29, 1.82) is 0 Å². The molecule has 16 heavy (non-hydrogen) atoms. The summed E-state index contributed by atoms with van der Waals surface area (Å²) in [5.74, 6) is 0.0198. The van der Waals surface area contributed by atoms with E-state index >= 15 is 0 Å². The molecule has 2 N–H and O–H groups in total. The molecule has 1 radical (unpaired) electrons. The van der Waals surface area contributed by atoms with Crippen LogP contribution in [0, 0.1) is 50.0 Å². The van der Waals surface area contributed by atoms with Gasteiger partial charge in [-0.05, 0) is 30.4 Å². The largest absolute Gasteiger partial charge is 0.393 e. The Morgan fingerprint density at radius 2 is 2.25 bits per heavy atom. The van der Waals surface area contributed by atoms with Crippen molar-refractivity contribution in [2.75, 3.05) is 20.1 Å². The van der Waals surface area contributed by atoms with Crippen molar-refractivity contribution >= 4 is 22.6 Å². The molecular weight excluding hydrogens is 528 g/mol. The van der Waals surface area contributed by atoms with Crippen LogP contribution < -0.4 is 0 Å². The number of allylic oxidation sites excluding steroid dienone is 1. The summed E-state index contributed by atoms with van der Waals surface area (Å²) in [6.45, 7) is 1.73. The fraction of sp³-hybridized carbons (Fsp3) is 0.818. The molecule has 3 unspecified atom stereocenters. The number of rotatable bonds is 4. The van der Waals surface area contributed by atoms with Crippen LogP contribution in [0.25, 0.3) is 0 Å². The van der Waals surface area contributed by atoms with Crippen LogP contribution in [0.4, 0.5) is 0 Å². The van der Waals surface area contributed by atoms with Crippen LogP contribution in [0.5, 0.6) is 0 Å². The quantitative estimate of drug-likeness (QED) is 0.523. The van der Waals surface area contributed by atoms with Crippen molar-refractivity contribution in [3.05, 3.63) is 10.2 Å². The molecule has 0 aromatic carbocycles. The van der Waals surface area contributed by atoms with Crippen molar-refractivity contribution in [2.24, 2.45) is 5.92 Å². The van der Waals surface area contributed by atoms with Gasteiger partial charge in [-0.3, -0.25) is 0 Å². The molecule has 0 amide bonds. The zero-order valence-electron chi connectivity index (χ0n) is 9.72. The molecule has 0 bridgehead atoms. The van der Waals surface area contributed by atoms with Crippen LogP contribution in [-0.4, -0.2) is 47.5 Å². The molecule has 0 aromatic rings. The minimum Gasteiger partial charge on any atom is -0.393 e. The Hall–Kier alpha value is 1.79. The van der Waals surface area contributed by atoms with Gasteiger partial charge in [0, 0.05) is 63.1 Å². The Morgan fingerprint density at radius 1 is 1.56 bits per heavy atom. The fourth-order valence-electron chi connectivity index (χ4n) is 2.06. The first-order valence-electron chi connectivity index (χ1n) is 5.45. The van der Waals surface area contributed by atoms with Gasteiger partial charge in [-0.2, -0.15) is 0 Å². The Kier molecular flexibility index (Phi) is 10.8. The summed E-state index contributed by atoms with van der Waals surface area (Å²) in [4.78, 5) is 2.18. The zero-order chi connectivity index (χ0) is 11.3. The van der Waals surface area contributed by atoms with Crippen LogP contribution in [0.3, 0.4) is 0 Å². The molecule has 0 spiro atoms. The van der Waals surface area contributed by atoms with E-state index < -0.39 is 0 Å². The number of nitrogens with zero attached hydrogens (tertiary/aromatic N) is 1. The van der Waals surface area contributed by atoms with Crippen molar-refractivity contribution in [3.8, 4) is 0 Å². The molecule has 3 atom stereocenters. The zero-order valence-corrected chi connectivity index (χ0v) is 16.6. The summed E-state index contributed by atoms with van der Waals surface area (Å²) in [5.41, 5.74) is 0. The average molecular weight is 548 g/mol. The smallest absolute Gasteiger partial charge is 0.0617 e. The molecule has 1 saturated heterocycles. The van der Waals surface area contributed by atoms with Crippen molar-refractivity contribution in [3.63, 3.8) is 0 Å². The maximum Gasteiger partial charge on any atom is 0.0617 e. The van der Waals surface area contributed by atoms with E-state index in [1.807, 2.05) is 17.2 Å². The van der Waals surface area contributed by atoms with Gasteiger partial charge in [0.25, 0.3) is 0 Å². The van der Waals surface area contributed by atoms with Crippen LogP contribution in [0.2, 0.25) is 0 Å². The Balaban J connectivity index is 0.00000225. The SMILES string of the molecule is CN1CCC(O)C(C(O)CC/C=C/[123I])C1.[Ac]. The van der Waals surface area contributed by atoms with E-state index in [0.717, 1.165) is 32.4 Å². The van der Waals surface area contributed by atoms with E-state index in [-0.39, 0.29) is 62.2 Å². The number of piperidine rings is 1. The predicted octanol–water partition coefficient (Wildman–Crippen LogP) is 1.39. The first kappa shape index (κ1) is 17.8. The number of aliphatic hydroxyl groups excluding tert-OH is 2. The van der Waals surface area contributed by atoms with E-state index in [4.69, 9.17) is 0 Å². The number of halogens is 1. The predicted molar refractivity (Wildman–Crippen MR) is 70.0 cm³/mol. The van der Waals surface area contributed by atoms with Crippen LogP contribution in [0.1, 0.15) is 19.3 Å². The van der Waals surface area contributed by atoms with Crippen molar-refractivity contribution in [2.45, 2.75) is 31.5 Å². The molecule has 1 fully saturated rings. The second-order valence-electron chi connectivity index (χ2n) is 4.29. The molecule has 3 nitrogen and oxygen atoms in total. The van der Waals surface area contributed by atoms with Gasteiger partial charge < -0.3 is 15.1 Å². The van der Waals surface area contributed by atoms with Gasteiger partial charge in [0.1, 0.15) is 0 Å². The van der Waals surface area contributed by atoms with Crippen LogP contribution in [-0.2, 0) is 0 Å². The van der Waals surface area contributed by atoms with Gasteiger partial charge in [0.2, 0.25) is 0 Å². The normalized spacial score (nSPS) is 29.0. The topological polar surface area (TPSA) is 43.7 Å². The Morgan fingerprint density at radius 3 is 2.88 bits per heavy atom. The third-order valence-corrected chi connectivity index (χ3v) is 3.54. The summed E-state index contributed by atoms with van der Waals surface area (Å²) in [6, 6.07) is 0. The monoisotopic (exact) mass is 548 g/mol. The third kappa shape index (κ3) is 6.10. The summed E-state index contributed by atoms with van der Waals surface area (Å²) in [5, 5.41) is 19.8. The molecule has 0 aromatic heterocycles. The molecular formula is C11H20AcINO2. The Bertz CT molecular complexity index is 216. The standard InChI is InChI=1S/C11H20INO2.Ac/c1-13-7-5-11(15)9(8-13)10(14)4-2-3-6-12;/h3,6,9-11,14-15H,2,4-5,7-8H2,1H3;/b6-3+;/i12-4;. The number of hydrogen-bond acceptors (Lipinski definition) is 3. The van der Waals surface area contributed by atoms with Gasteiger partial charge in [-0.1, -0.05) is 28.7 Å². The molecule has 1 rings (SSSR count). The van der Waals surface area contributed by atoms with Crippen molar-refractivity contribution in [1.82, 2.24) is 4.90 Å². The van der Waals surface area contributed by atoms with Gasteiger partial charge in [0.05, 0.1) is 12.2 Å². The van der Waals surface area contributed by atoms with Gasteiger partial charge in [-0.15, -0.1) is 0 Å². The van der Waals surface area contributed by atoms with Gasteiger partial charge in [-0.25, -0.2) is 0 Å². The second kappa shape index (κ2) is 9.69. The van der Waals surface area contributed by atoms with Crippen LogP contribution in [0.15, 0.2) is 10.2 Å². The van der Waals surface area contributed by atoms with E-state index in [9.17, 15) is 10.2 Å². The van der Waals surface area contributed by atoms with Gasteiger partial charge >= 0.3 is 0 Å². The van der Waals surface area contributed by atoms with E-state index in [1.54, 1.807) is 0 Å². The first-order chi connectivity index (χ1) is 7.15. The molecule has 91 valence electrons. The minimum atomic E-state index is -0.379. The summed E-state index contributed by atoms with van der Waals surface area (Å²) >= 11 is 2.18. The third-order valence-electron chi connectivity index (χ3n) is 3.04. The maximum atomic E-state index is 9.97. The van der Waals surface area contributed by atoms with Crippen molar-refractivity contribution < 1.29 is 54.3 Å². The molecule has 0 aliphatic carbocycles. The van der Waals surface area contributed by atoms with Gasteiger partial charge in [0.15, 0.2) is 0 Å². The van der Waals surface area contributed by atoms with E-state index in [0.29, 0.717) is 0 Å². The minimum absolute atomic E-state index is 0. The summed E-state index contributed by atoms with van der Waals surface area (Å²) < 4.78 is 1.97. The molecule has 1 aliphatic heterocycles. The fourth-order valence-corrected chi connectivity index (χ4v) is 2.42. The second-order valence-corrected chi connectivity index (χ2v) is 5.01. The van der Waals surface area contributed by atoms with E-state index in [1.165, 1.54) is 0 Å². The van der Waals surface area contributed by atoms with Crippen LogP contribution >= 0.6 is 22.6 Å². The molecule has 0 saturated carbocycles. The maximum absolute atomic E-state index is 9.97. The number of aliphatic hydroxyl groups is 2.